The van der Waals surface area contributed by atoms with Gasteiger partial charge in [0.2, 0.25) is 0 Å². The molecule has 2 N–H and O–H groups in total. The molecule has 1 aliphatic heterocycles. The number of hydrogen-bond acceptors (Lipinski definition) is 4. The molecule has 0 aliphatic carbocycles. The predicted molar refractivity (Wildman–Crippen MR) is 103 cm³/mol. The van der Waals surface area contributed by atoms with Crippen LogP contribution in [0.3, 0.4) is 0 Å². The molecular weight excluding hydrogens is 389 g/mol. The summed E-state index contributed by atoms with van der Waals surface area (Å²) in [6.45, 7) is 3.06. The van der Waals surface area contributed by atoms with Crippen molar-refractivity contribution in [1.29, 1.82) is 0 Å². The normalized spacial score (nSPS) is 20.3. The molecule has 0 spiro atoms. The number of aromatic nitrogens is 1. The van der Waals surface area contributed by atoms with Gasteiger partial charge in [-0.15, -0.1) is 23.7 Å². The Morgan fingerprint density at radius 2 is 2.17 bits per heavy atom. The fourth-order valence-corrected chi connectivity index (χ4v) is 3.76. The van der Waals surface area contributed by atoms with Gasteiger partial charge in [-0.25, -0.2) is 4.98 Å². The van der Waals surface area contributed by atoms with Gasteiger partial charge in [-0.05, 0) is 38.4 Å². The van der Waals surface area contributed by atoms with Crippen molar-refractivity contribution < 1.29 is 4.79 Å². The predicted octanol–water partition coefficient (Wildman–Crippen LogP) is 4.41. The molecule has 0 saturated carbocycles. The van der Waals surface area contributed by atoms with E-state index in [1.54, 1.807) is 17.5 Å². The minimum absolute atomic E-state index is 0. The molecule has 1 aliphatic rings. The van der Waals surface area contributed by atoms with Crippen LogP contribution in [0.5, 0.6) is 0 Å². The molecular formula is C16H18Cl3N3OS. The number of piperidine rings is 1. The minimum Gasteiger partial charge on any atom is -0.348 e. The number of amides is 1. The molecule has 0 radical (unpaired) electrons. The van der Waals surface area contributed by atoms with E-state index < -0.39 is 0 Å². The van der Waals surface area contributed by atoms with Gasteiger partial charge in [0, 0.05) is 23.0 Å². The molecule has 24 heavy (non-hydrogen) atoms. The van der Waals surface area contributed by atoms with Crippen LogP contribution in [0.4, 0.5) is 0 Å². The van der Waals surface area contributed by atoms with Gasteiger partial charge in [-0.2, -0.15) is 0 Å². The van der Waals surface area contributed by atoms with E-state index in [9.17, 15) is 4.79 Å². The Labute approximate surface area is 161 Å². The number of benzene rings is 1. The van der Waals surface area contributed by atoms with Gasteiger partial charge >= 0.3 is 0 Å². The molecule has 1 aromatic heterocycles. The third-order valence-electron chi connectivity index (χ3n) is 3.86. The van der Waals surface area contributed by atoms with Crippen molar-refractivity contribution >= 4 is 52.9 Å². The van der Waals surface area contributed by atoms with Crippen LogP contribution in [0.15, 0.2) is 23.6 Å². The van der Waals surface area contributed by atoms with Crippen molar-refractivity contribution in [2.75, 3.05) is 6.54 Å². The third kappa shape index (κ3) is 4.61. The first-order valence-electron chi connectivity index (χ1n) is 7.48. The summed E-state index contributed by atoms with van der Waals surface area (Å²) in [7, 11) is 0. The van der Waals surface area contributed by atoms with E-state index >= 15 is 0 Å². The maximum Gasteiger partial charge on any atom is 0.270 e. The first-order chi connectivity index (χ1) is 11.0. The number of carbonyl (C=O) groups is 1. The van der Waals surface area contributed by atoms with Gasteiger partial charge in [0.15, 0.2) is 0 Å². The Hall–Kier alpha value is -0.850. The largest absolute Gasteiger partial charge is 0.348 e. The number of rotatable bonds is 3. The lowest BCUT2D eigenvalue weighted by atomic mass is 10.0. The number of nitrogens with zero attached hydrogens (tertiary/aromatic N) is 1. The highest BCUT2D eigenvalue weighted by molar-refractivity contribution is 7.13. The third-order valence-corrected chi connectivity index (χ3v) is 5.49. The fraction of sp³-hybridized carbons (Fsp3) is 0.375. The molecule has 2 unspecified atom stereocenters. The van der Waals surface area contributed by atoms with Gasteiger partial charge < -0.3 is 10.6 Å². The molecule has 1 saturated heterocycles. The van der Waals surface area contributed by atoms with Crippen molar-refractivity contribution in [1.82, 2.24) is 15.6 Å². The van der Waals surface area contributed by atoms with Crippen LogP contribution in [-0.4, -0.2) is 29.5 Å². The molecule has 2 atom stereocenters. The van der Waals surface area contributed by atoms with Crippen LogP contribution >= 0.6 is 46.9 Å². The first-order valence-corrected chi connectivity index (χ1v) is 9.11. The zero-order chi connectivity index (χ0) is 16.4. The Kier molecular flexibility index (Phi) is 6.89. The average Bonchev–Trinajstić information content (AvgIpc) is 3.00. The van der Waals surface area contributed by atoms with Gasteiger partial charge in [0.05, 0.1) is 10.0 Å². The highest BCUT2D eigenvalue weighted by Crippen LogP contribution is 2.30. The lowest BCUT2D eigenvalue weighted by Crippen LogP contribution is -2.46. The van der Waals surface area contributed by atoms with Crippen LogP contribution in [0.25, 0.3) is 10.6 Å². The number of thiazole rings is 1. The van der Waals surface area contributed by atoms with Gasteiger partial charge in [0.1, 0.15) is 10.7 Å². The number of hydrogen-bond donors (Lipinski definition) is 2. The molecule has 1 fully saturated rings. The van der Waals surface area contributed by atoms with Crippen LogP contribution in [0.2, 0.25) is 10.0 Å². The highest BCUT2D eigenvalue weighted by atomic mass is 35.5. The Balaban J connectivity index is 0.00000208. The van der Waals surface area contributed by atoms with E-state index in [-0.39, 0.29) is 24.4 Å². The summed E-state index contributed by atoms with van der Waals surface area (Å²) in [6.07, 6.45) is 1.88. The second kappa shape index (κ2) is 8.50. The van der Waals surface area contributed by atoms with Crippen LogP contribution in [-0.2, 0) is 0 Å². The zero-order valence-electron chi connectivity index (χ0n) is 13.0. The molecule has 2 aromatic rings. The van der Waals surface area contributed by atoms with E-state index in [1.807, 2.05) is 6.07 Å². The van der Waals surface area contributed by atoms with Crippen LogP contribution < -0.4 is 10.6 Å². The minimum atomic E-state index is -0.119. The Morgan fingerprint density at radius 1 is 1.38 bits per heavy atom. The number of nitrogens with one attached hydrogen (secondary N) is 2. The monoisotopic (exact) mass is 405 g/mol. The van der Waals surface area contributed by atoms with Crippen LogP contribution in [0, 0.1) is 0 Å². The van der Waals surface area contributed by atoms with Crippen molar-refractivity contribution in [2.24, 2.45) is 0 Å². The number of carbonyl (C=O) groups excluding carboxylic acids is 1. The summed E-state index contributed by atoms with van der Waals surface area (Å²) in [5, 5.41) is 9.96. The second-order valence-electron chi connectivity index (χ2n) is 5.72. The summed E-state index contributed by atoms with van der Waals surface area (Å²) in [4.78, 5) is 16.8. The molecule has 8 heteroatoms. The molecule has 130 valence electrons. The van der Waals surface area contributed by atoms with Crippen molar-refractivity contribution in [3.8, 4) is 10.6 Å². The average molecular weight is 407 g/mol. The van der Waals surface area contributed by atoms with Crippen molar-refractivity contribution in [3.05, 3.63) is 39.3 Å². The molecule has 0 bridgehead atoms. The molecule has 1 amide bonds. The second-order valence-corrected chi connectivity index (χ2v) is 7.39. The lowest BCUT2D eigenvalue weighted by molar-refractivity contribution is 0.0921. The van der Waals surface area contributed by atoms with Gasteiger partial charge in [-0.1, -0.05) is 29.3 Å². The summed E-state index contributed by atoms with van der Waals surface area (Å²) < 4.78 is 0. The summed E-state index contributed by atoms with van der Waals surface area (Å²) in [5.74, 6) is -0.119. The lowest BCUT2D eigenvalue weighted by Gasteiger charge is -2.28. The van der Waals surface area contributed by atoms with Crippen molar-refractivity contribution in [2.45, 2.75) is 31.8 Å². The SMILES string of the molecule is CC1CC(NC(=O)c2csc(-c3ccc(Cl)c(Cl)c3)n2)CCN1.Cl. The highest BCUT2D eigenvalue weighted by Gasteiger charge is 2.21. The molecule has 3 rings (SSSR count). The topological polar surface area (TPSA) is 54.0 Å². The smallest absolute Gasteiger partial charge is 0.270 e. The molecule has 1 aromatic carbocycles. The van der Waals surface area contributed by atoms with Gasteiger partial charge in [-0.3, -0.25) is 4.79 Å². The molecule has 2 heterocycles. The maximum absolute atomic E-state index is 12.4. The van der Waals surface area contributed by atoms with E-state index in [0.717, 1.165) is 30.0 Å². The first kappa shape index (κ1) is 19.5. The van der Waals surface area contributed by atoms with E-state index in [4.69, 9.17) is 23.2 Å². The Morgan fingerprint density at radius 3 is 2.88 bits per heavy atom. The quantitative estimate of drug-likeness (QED) is 0.794. The summed E-state index contributed by atoms with van der Waals surface area (Å²) in [6, 6.07) is 5.98. The zero-order valence-corrected chi connectivity index (χ0v) is 16.2. The molecule has 4 nitrogen and oxygen atoms in total. The fourth-order valence-electron chi connectivity index (χ4n) is 2.66. The summed E-state index contributed by atoms with van der Waals surface area (Å²) in [5.41, 5.74) is 1.31. The van der Waals surface area contributed by atoms with E-state index in [2.05, 4.69) is 22.5 Å². The standard InChI is InChI=1S/C16H17Cl2N3OS.ClH/c1-9-6-11(4-5-19-9)20-15(22)14-8-23-16(21-14)10-2-3-12(17)13(18)7-10;/h2-3,7-9,11,19H,4-6H2,1H3,(H,20,22);1H. The number of halogens is 3. The maximum atomic E-state index is 12.4. The Bertz CT molecular complexity index is 722. The van der Waals surface area contributed by atoms with Crippen molar-refractivity contribution in [3.63, 3.8) is 0 Å². The van der Waals surface area contributed by atoms with E-state index in [1.165, 1.54) is 11.3 Å². The van der Waals surface area contributed by atoms with Crippen LogP contribution in [0.1, 0.15) is 30.3 Å². The van der Waals surface area contributed by atoms with E-state index in [0.29, 0.717) is 21.8 Å². The van der Waals surface area contributed by atoms with Gasteiger partial charge in [0.25, 0.3) is 5.91 Å². The summed E-state index contributed by atoms with van der Waals surface area (Å²) >= 11 is 13.4.